The van der Waals surface area contributed by atoms with Crippen LogP contribution in [0.1, 0.15) is 16.1 Å². The maximum atomic E-state index is 10.8. The van der Waals surface area contributed by atoms with Gasteiger partial charge in [0.1, 0.15) is 0 Å². The third kappa shape index (κ3) is 1.01. The van der Waals surface area contributed by atoms with Gasteiger partial charge in [0, 0.05) is 11.9 Å². The largest absolute Gasteiger partial charge is 0.365 e. The Kier molecular flexibility index (Phi) is 1.73. The first-order chi connectivity index (χ1) is 4.75. The minimum absolute atomic E-state index is 0.265. The van der Waals surface area contributed by atoms with Gasteiger partial charge in [-0.3, -0.25) is 10.2 Å². The van der Waals surface area contributed by atoms with Crippen LogP contribution < -0.4 is 11.3 Å². The summed E-state index contributed by atoms with van der Waals surface area (Å²) in [5, 5.41) is 0. The third-order valence-electron chi connectivity index (χ3n) is 1.33. The van der Waals surface area contributed by atoms with Crippen LogP contribution in [0.15, 0.2) is 12.3 Å². The quantitative estimate of drug-likeness (QED) is 0.289. The van der Waals surface area contributed by atoms with E-state index in [0.717, 1.165) is 5.69 Å². The number of hydrogen-bond acceptors (Lipinski definition) is 2. The van der Waals surface area contributed by atoms with E-state index in [9.17, 15) is 4.79 Å². The number of H-pyrrole nitrogens is 1. The second kappa shape index (κ2) is 2.53. The van der Waals surface area contributed by atoms with Crippen LogP contribution in [0.5, 0.6) is 0 Å². The van der Waals surface area contributed by atoms with Crippen molar-refractivity contribution in [3.63, 3.8) is 0 Å². The fourth-order valence-corrected chi connectivity index (χ4v) is 0.776. The predicted octanol–water partition coefficient (Wildman–Crippen LogP) is -0.0734. The summed E-state index contributed by atoms with van der Waals surface area (Å²) in [7, 11) is 0. The number of aromatic nitrogens is 1. The highest BCUT2D eigenvalue weighted by Crippen LogP contribution is 2.02. The van der Waals surface area contributed by atoms with Gasteiger partial charge in [0.05, 0.1) is 5.56 Å². The van der Waals surface area contributed by atoms with Crippen molar-refractivity contribution in [3.05, 3.63) is 23.5 Å². The summed E-state index contributed by atoms with van der Waals surface area (Å²) in [5.41, 5.74) is 3.46. The van der Waals surface area contributed by atoms with Crippen molar-refractivity contribution in [1.29, 1.82) is 0 Å². The number of hydrazine groups is 1. The van der Waals surface area contributed by atoms with Gasteiger partial charge < -0.3 is 4.98 Å². The summed E-state index contributed by atoms with van der Waals surface area (Å²) in [6, 6.07) is 1.68. The molecular weight excluding hydrogens is 130 g/mol. The predicted molar refractivity (Wildman–Crippen MR) is 37.2 cm³/mol. The minimum Gasteiger partial charge on any atom is -0.365 e. The molecule has 0 bridgehead atoms. The Labute approximate surface area is 58.4 Å². The molecule has 4 nitrogen and oxygen atoms in total. The summed E-state index contributed by atoms with van der Waals surface area (Å²) >= 11 is 0. The van der Waals surface area contributed by atoms with Gasteiger partial charge in [-0.1, -0.05) is 0 Å². The molecule has 0 saturated carbocycles. The molecule has 4 heteroatoms. The lowest BCUT2D eigenvalue weighted by Crippen LogP contribution is -2.30. The zero-order valence-corrected chi connectivity index (χ0v) is 5.64. The van der Waals surface area contributed by atoms with Gasteiger partial charge in [0.2, 0.25) is 0 Å². The number of carbonyl (C=O) groups is 1. The van der Waals surface area contributed by atoms with Crippen LogP contribution in [-0.2, 0) is 0 Å². The first-order valence-electron chi connectivity index (χ1n) is 2.90. The molecule has 0 radical (unpaired) electrons. The second-order valence-electron chi connectivity index (χ2n) is 1.99. The van der Waals surface area contributed by atoms with Crippen molar-refractivity contribution in [2.45, 2.75) is 6.92 Å². The molecular formula is C6H9N3O. The van der Waals surface area contributed by atoms with Crippen LogP contribution in [0, 0.1) is 6.92 Å². The van der Waals surface area contributed by atoms with Crippen LogP contribution in [-0.4, -0.2) is 10.9 Å². The Bertz CT molecular complexity index is 241. The molecule has 0 aliphatic carbocycles. The van der Waals surface area contributed by atoms with E-state index in [1.165, 1.54) is 0 Å². The van der Waals surface area contributed by atoms with E-state index in [1.54, 1.807) is 12.3 Å². The molecule has 4 N–H and O–H groups in total. The number of aromatic amines is 1. The summed E-state index contributed by atoms with van der Waals surface area (Å²) in [5.74, 6) is 4.65. The number of carbonyl (C=O) groups excluding carboxylic acids is 1. The number of rotatable bonds is 1. The van der Waals surface area contributed by atoms with E-state index < -0.39 is 0 Å². The van der Waals surface area contributed by atoms with E-state index in [-0.39, 0.29) is 5.91 Å². The van der Waals surface area contributed by atoms with E-state index >= 15 is 0 Å². The van der Waals surface area contributed by atoms with Crippen LogP contribution in [0.25, 0.3) is 0 Å². The van der Waals surface area contributed by atoms with Crippen molar-refractivity contribution in [2.75, 3.05) is 0 Å². The normalized spacial score (nSPS) is 9.40. The first kappa shape index (κ1) is 6.82. The molecule has 0 aliphatic heterocycles. The fraction of sp³-hybridized carbons (Fsp3) is 0.167. The molecule has 0 atom stereocenters. The van der Waals surface area contributed by atoms with Crippen LogP contribution in [0.4, 0.5) is 0 Å². The molecule has 1 amide bonds. The van der Waals surface area contributed by atoms with Gasteiger partial charge in [0.15, 0.2) is 0 Å². The molecule has 0 unspecified atom stereocenters. The molecule has 1 aromatic rings. The summed E-state index contributed by atoms with van der Waals surface area (Å²) in [4.78, 5) is 13.7. The topological polar surface area (TPSA) is 70.9 Å². The van der Waals surface area contributed by atoms with Gasteiger partial charge in [-0.15, -0.1) is 0 Å². The highest BCUT2D eigenvalue weighted by Gasteiger charge is 2.05. The van der Waals surface area contributed by atoms with E-state index in [4.69, 9.17) is 5.84 Å². The lowest BCUT2D eigenvalue weighted by Gasteiger charge is -1.95. The number of hydrogen-bond donors (Lipinski definition) is 3. The fourth-order valence-electron chi connectivity index (χ4n) is 0.776. The highest BCUT2D eigenvalue weighted by atomic mass is 16.2. The van der Waals surface area contributed by atoms with Crippen molar-refractivity contribution in [2.24, 2.45) is 5.84 Å². The maximum absolute atomic E-state index is 10.8. The summed E-state index contributed by atoms with van der Waals surface area (Å²) in [6.07, 6.45) is 1.69. The Morgan fingerprint density at radius 3 is 2.90 bits per heavy atom. The Hall–Kier alpha value is -1.29. The van der Waals surface area contributed by atoms with Gasteiger partial charge >= 0.3 is 0 Å². The standard InChI is InChI=1S/C6H9N3O/c1-4-5(2-3-8-4)6(10)9-7/h2-3,8H,7H2,1H3,(H,9,10). The van der Waals surface area contributed by atoms with E-state index in [2.05, 4.69) is 4.98 Å². The molecule has 1 rings (SSSR count). The number of nitrogen functional groups attached to an aromatic ring is 1. The Morgan fingerprint density at radius 1 is 1.80 bits per heavy atom. The van der Waals surface area contributed by atoms with Crippen LogP contribution >= 0.6 is 0 Å². The third-order valence-corrected chi connectivity index (χ3v) is 1.33. The highest BCUT2D eigenvalue weighted by molar-refractivity contribution is 5.94. The molecule has 0 spiro atoms. The van der Waals surface area contributed by atoms with Gasteiger partial charge in [-0.25, -0.2) is 5.84 Å². The Morgan fingerprint density at radius 2 is 2.50 bits per heavy atom. The molecule has 1 aromatic heterocycles. The smallest absolute Gasteiger partial charge is 0.266 e. The number of nitrogens with one attached hydrogen (secondary N) is 2. The molecule has 0 aliphatic rings. The molecule has 0 fully saturated rings. The summed E-state index contributed by atoms with van der Waals surface area (Å²) in [6.45, 7) is 1.81. The number of aryl methyl sites for hydroxylation is 1. The van der Waals surface area contributed by atoms with E-state index in [0.29, 0.717) is 5.56 Å². The molecule has 0 saturated heterocycles. The molecule has 0 aromatic carbocycles. The monoisotopic (exact) mass is 139 g/mol. The molecule has 54 valence electrons. The minimum atomic E-state index is -0.265. The van der Waals surface area contributed by atoms with Crippen molar-refractivity contribution < 1.29 is 4.79 Å². The average Bonchev–Trinajstić information content (AvgIpc) is 2.34. The van der Waals surface area contributed by atoms with Crippen molar-refractivity contribution in [1.82, 2.24) is 10.4 Å². The lowest BCUT2D eigenvalue weighted by molar-refractivity contribution is 0.0953. The second-order valence-corrected chi connectivity index (χ2v) is 1.99. The SMILES string of the molecule is Cc1[nH]ccc1C(=O)NN. The van der Waals surface area contributed by atoms with Gasteiger partial charge in [-0.05, 0) is 13.0 Å². The molecule has 1 heterocycles. The van der Waals surface area contributed by atoms with Crippen LogP contribution in [0.2, 0.25) is 0 Å². The lowest BCUT2D eigenvalue weighted by atomic mass is 10.2. The van der Waals surface area contributed by atoms with Gasteiger partial charge in [0.25, 0.3) is 5.91 Å². The van der Waals surface area contributed by atoms with E-state index in [1.807, 2.05) is 12.3 Å². The van der Waals surface area contributed by atoms with Crippen molar-refractivity contribution >= 4 is 5.91 Å². The Balaban J connectivity index is 2.93. The maximum Gasteiger partial charge on any atom is 0.266 e. The average molecular weight is 139 g/mol. The van der Waals surface area contributed by atoms with Gasteiger partial charge in [-0.2, -0.15) is 0 Å². The zero-order chi connectivity index (χ0) is 7.56. The van der Waals surface area contributed by atoms with Crippen molar-refractivity contribution in [3.8, 4) is 0 Å². The number of nitrogens with two attached hydrogens (primary N) is 1. The first-order valence-corrected chi connectivity index (χ1v) is 2.90. The van der Waals surface area contributed by atoms with Crippen LogP contribution in [0.3, 0.4) is 0 Å². The summed E-state index contributed by atoms with van der Waals surface area (Å²) < 4.78 is 0. The number of amides is 1. The zero-order valence-electron chi connectivity index (χ0n) is 5.64. The molecule has 10 heavy (non-hydrogen) atoms.